The largest absolute Gasteiger partial charge is 0.496 e. The zero-order chi connectivity index (χ0) is 14.7. The average molecular weight is 276 g/mol. The SMILES string of the molecule is COc1cc(=O)n(C)cc1C(=O)Nc1ccc(F)cc1. The summed E-state index contributed by atoms with van der Waals surface area (Å²) >= 11 is 0. The summed E-state index contributed by atoms with van der Waals surface area (Å²) in [5.41, 5.74) is 0.395. The van der Waals surface area contributed by atoms with Gasteiger partial charge in [0.15, 0.2) is 0 Å². The van der Waals surface area contributed by atoms with E-state index < -0.39 is 5.91 Å². The molecule has 1 amide bonds. The molecule has 0 radical (unpaired) electrons. The molecule has 20 heavy (non-hydrogen) atoms. The number of halogens is 1. The predicted octanol–water partition coefficient (Wildman–Crippen LogP) is 1.79. The number of aromatic nitrogens is 1. The van der Waals surface area contributed by atoms with Gasteiger partial charge < -0.3 is 14.6 Å². The number of amides is 1. The number of hydrogen-bond acceptors (Lipinski definition) is 3. The molecule has 0 unspecified atom stereocenters. The third-order valence-corrected chi connectivity index (χ3v) is 2.76. The van der Waals surface area contributed by atoms with Crippen LogP contribution in [-0.4, -0.2) is 17.6 Å². The van der Waals surface area contributed by atoms with Gasteiger partial charge in [-0.15, -0.1) is 0 Å². The Hall–Kier alpha value is -2.63. The van der Waals surface area contributed by atoms with Crippen molar-refractivity contribution in [2.45, 2.75) is 0 Å². The Morgan fingerprint density at radius 1 is 1.30 bits per heavy atom. The van der Waals surface area contributed by atoms with Crippen molar-refractivity contribution in [3.63, 3.8) is 0 Å². The second kappa shape index (κ2) is 5.56. The van der Waals surface area contributed by atoms with Crippen molar-refractivity contribution >= 4 is 11.6 Å². The Balaban J connectivity index is 2.31. The van der Waals surface area contributed by atoms with Crippen molar-refractivity contribution in [3.05, 3.63) is 58.3 Å². The van der Waals surface area contributed by atoms with Crippen LogP contribution in [0.3, 0.4) is 0 Å². The quantitative estimate of drug-likeness (QED) is 0.929. The monoisotopic (exact) mass is 276 g/mol. The summed E-state index contributed by atoms with van der Waals surface area (Å²) in [5, 5.41) is 2.61. The van der Waals surface area contributed by atoms with E-state index in [-0.39, 0.29) is 22.7 Å². The fourth-order valence-corrected chi connectivity index (χ4v) is 1.68. The van der Waals surface area contributed by atoms with Gasteiger partial charge in [-0.1, -0.05) is 0 Å². The van der Waals surface area contributed by atoms with Gasteiger partial charge in [0.2, 0.25) is 0 Å². The van der Waals surface area contributed by atoms with Crippen LogP contribution >= 0.6 is 0 Å². The maximum atomic E-state index is 12.8. The lowest BCUT2D eigenvalue weighted by molar-refractivity contribution is 0.102. The summed E-state index contributed by atoms with van der Waals surface area (Å²) in [7, 11) is 2.92. The molecule has 0 saturated carbocycles. The number of anilines is 1. The van der Waals surface area contributed by atoms with Gasteiger partial charge in [-0.05, 0) is 24.3 Å². The van der Waals surface area contributed by atoms with Gasteiger partial charge in [0.1, 0.15) is 11.6 Å². The second-order valence-corrected chi connectivity index (χ2v) is 4.17. The number of rotatable bonds is 3. The van der Waals surface area contributed by atoms with Crippen LogP contribution in [0.2, 0.25) is 0 Å². The highest BCUT2D eigenvalue weighted by atomic mass is 19.1. The number of aryl methyl sites for hydroxylation is 1. The van der Waals surface area contributed by atoms with Crippen LogP contribution in [0.4, 0.5) is 10.1 Å². The van der Waals surface area contributed by atoms with Crippen molar-refractivity contribution in [2.24, 2.45) is 7.05 Å². The first-order valence-electron chi connectivity index (χ1n) is 5.83. The number of ether oxygens (including phenoxy) is 1. The van der Waals surface area contributed by atoms with Crippen LogP contribution in [0.1, 0.15) is 10.4 Å². The molecule has 2 aromatic rings. The number of pyridine rings is 1. The molecule has 0 saturated heterocycles. The van der Waals surface area contributed by atoms with Crippen molar-refractivity contribution in [2.75, 3.05) is 12.4 Å². The molecule has 0 fully saturated rings. The molecule has 0 aliphatic heterocycles. The van der Waals surface area contributed by atoms with Crippen molar-refractivity contribution in [1.29, 1.82) is 0 Å². The highest BCUT2D eigenvalue weighted by molar-refractivity contribution is 6.05. The minimum Gasteiger partial charge on any atom is -0.496 e. The standard InChI is InChI=1S/C14H13FN2O3/c1-17-8-11(12(20-2)7-13(17)18)14(19)16-10-5-3-9(15)4-6-10/h3-8H,1-2H3,(H,16,19). The third-order valence-electron chi connectivity index (χ3n) is 2.76. The Kier molecular flexibility index (Phi) is 3.84. The molecule has 1 aromatic carbocycles. The van der Waals surface area contributed by atoms with Crippen molar-refractivity contribution in [3.8, 4) is 5.75 Å². The molecule has 0 atom stereocenters. The highest BCUT2D eigenvalue weighted by Gasteiger charge is 2.14. The highest BCUT2D eigenvalue weighted by Crippen LogP contribution is 2.17. The molecule has 0 aliphatic rings. The Morgan fingerprint density at radius 2 is 1.95 bits per heavy atom. The minimum absolute atomic E-state index is 0.188. The van der Waals surface area contributed by atoms with E-state index in [2.05, 4.69) is 5.32 Å². The smallest absolute Gasteiger partial charge is 0.260 e. The van der Waals surface area contributed by atoms with Gasteiger partial charge in [0.25, 0.3) is 11.5 Å². The molecule has 6 heteroatoms. The van der Waals surface area contributed by atoms with Gasteiger partial charge in [-0.25, -0.2) is 4.39 Å². The van der Waals surface area contributed by atoms with E-state index in [4.69, 9.17) is 4.74 Å². The maximum absolute atomic E-state index is 12.8. The number of carbonyl (C=O) groups excluding carboxylic acids is 1. The maximum Gasteiger partial charge on any atom is 0.260 e. The van der Waals surface area contributed by atoms with Gasteiger partial charge in [-0.2, -0.15) is 0 Å². The fourth-order valence-electron chi connectivity index (χ4n) is 1.68. The number of nitrogens with zero attached hydrogens (tertiary/aromatic N) is 1. The Labute approximate surface area is 114 Å². The molecule has 0 aliphatic carbocycles. The van der Waals surface area contributed by atoms with Gasteiger partial charge in [0.05, 0.1) is 12.7 Å². The number of hydrogen-bond donors (Lipinski definition) is 1. The number of methoxy groups -OCH3 is 1. The van der Waals surface area contributed by atoms with E-state index in [0.717, 1.165) is 0 Å². The zero-order valence-electron chi connectivity index (χ0n) is 11.0. The molecule has 1 heterocycles. The summed E-state index contributed by atoms with van der Waals surface area (Å²) in [4.78, 5) is 23.6. The van der Waals surface area contributed by atoms with Gasteiger partial charge in [-0.3, -0.25) is 9.59 Å². The molecule has 1 aromatic heterocycles. The van der Waals surface area contributed by atoms with E-state index in [1.807, 2.05) is 0 Å². The topological polar surface area (TPSA) is 60.3 Å². The molecule has 5 nitrogen and oxygen atoms in total. The first kappa shape index (κ1) is 13.8. The number of nitrogens with one attached hydrogen (secondary N) is 1. The van der Waals surface area contributed by atoms with Crippen LogP contribution < -0.4 is 15.6 Å². The predicted molar refractivity (Wildman–Crippen MR) is 72.6 cm³/mol. The molecular weight excluding hydrogens is 263 g/mol. The molecule has 2 rings (SSSR count). The molecular formula is C14H13FN2O3. The van der Waals surface area contributed by atoms with Crippen LogP contribution in [0, 0.1) is 5.82 Å². The van der Waals surface area contributed by atoms with Gasteiger partial charge in [0, 0.05) is 25.0 Å². The van der Waals surface area contributed by atoms with Crippen molar-refractivity contribution in [1.82, 2.24) is 4.57 Å². The summed E-state index contributed by atoms with van der Waals surface area (Å²) in [6.45, 7) is 0. The van der Waals surface area contributed by atoms with E-state index in [1.54, 1.807) is 0 Å². The Bertz CT molecular complexity index is 693. The molecule has 104 valence electrons. The van der Waals surface area contributed by atoms with Crippen LogP contribution in [0.25, 0.3) is 0 Å². The number of carbonyl (C=O) groups is 1. The lowest BCUT2D eigenvalue weighted by atomic mass is 10.2. The van der Waals surface area contributed by atoms with Crippen LogP contribution in [-0.2, 0) is 7.05 Å². The summed E-state index contributed by atoms with van der Waals surface area (Å²) in [6, 6.07) is 6.62. The summed E-state index contributed by atoms with van der Waals surface area (Å²) in [6.07, 6.45) is 1.39. The minimum atomic E-state index is -0.441. The number of benzene rings is 1. The third kappa shape index (κ3) is 2.85. The average Bonchev–Trinajstić information content (AvgIpc) is 2.43. The molecule has 1 N–H and O–H groups in total. The zero-order valence-corrected chi connectivity index (χ0v) is 11.0. The first-order chi connectivity index (χ1) is 9.51. The van der Waals surface area contributed by atoms with Gasteiger partial charge >= 0.3 is 0 Å². The van der Waals surface area contributed by atoms with Crippen molar-refractivity contribution < 1.29 is 13.9 Å². The second-order valence-electron chi connectivity index (χ2n) is 4.17. The molecule has 0 bridgehead atoms. The summed E-state index contributed by atoms with van der Waals surface area (Å²) < 4.78 is 19.1. The van der Waals surface area contributed by atoms with Crippen LogP contribution in [0.5, 0.6) is 5.75 Å². The summed E-state index contributed by atoms with van der Waals surface area (Å²) in [5.74, 6) is -0.639. The van der Waals surface area contributed by atoms with E-state index in [0.29, 0.717) is 5.69 Å². The van der Waals surface area contributed by atoms with E-state index >= 15 is 0 Å². The lowest BCUT2D eigenvalue weighted by Crippen LogP contribution is -2.21. The lowest BCUT2D eigenvalue weighted by Gasteiger charge is -2.10. The van der Waals surface area contributed by atoms with Crippen LogP contribution in [0.15, 0.2) is 41.3 Å². The first-order valence-corrected chi connectivity index (χ1v) is 5.83. The van der Waals surface area contributed by atoms with E-state index in [9.17, 15) is 14.0 Å². The Morgan fingerprint density at radius 3 is 2.55 bits per heavy atom. The molecule has 0 spiro atoms. The normalized spacial score (nSPS) is 10.2. The fraction of sp³-hybridized carbons (Fsp3) is 0.143. The van der Waals surface area contributed by atoms with E-state index in [1.165, 1.54) is 55.3 Å².